The van der Waals surface area contributed by atoms with Crippen molar-refractivity contribution < 1.29 is 9.90 Å². The number of aromatic hydroxyl groups is 1. The molecule has 1 amide bonds. The summed E-state index contributed by atoms with van der Waals surface area (Å²) in [6, 6.07) is 16.4. The highest BCUT2D eigenvalue weighted by Crippen LogP contribution is 2.38. The standard InChI is InChI=1S/C30H25ClN6O3/c1-2-28(39)36-15-18(16-36)17-37-26-13-24(31)23(22-11-20(38)10-19-6-3-4-7-21(19)22)12-25(26)35-29(30(37)40)34-14-27-32-8-5-9-33-27/h2-13,18,38H,1,14-17H2,(H,34,35). The molecule has 3 aromatic carbocycles. The maximum Gasteiger partial charge on any atom is 0.293 e. The Balaban J connectivity index is 1.46. The molecule has 0 spiro atoms. The SMILES string of the molecule is C=CC(=O)N1CC(Cn2c(=O)c(NCc3ncccn3)nc3cc(-c4cc(O)cc5ccccc45)c(Cl)cc32)C1. The van der Waals surface area contributed by atoms with Gasteiger partial charge in [-0.25, -0.2) is 15.0 Å². The molecule has 5 aromatic rings. The van der Waals surface area contributed by atoms with Gasteiger partial charge in [0, 0.05) is 43.5 Å². The number of nitrogens with zero attached hydrogens (tertiary/aromatic N) is 5. The smallest absolute Gasteiger partial charge is 0.293 e. The first-order valence-electron chi connectivity index (χ1n) is 12.8. The minimum atomic E-state index is -0.302. The number of fused-ring (bicyclic) bond motifs is 2. The summed E-state index contributed by atoms with van der Waals surface area (Å²) in [4.78, 5) is 40.4. The van der Waals surface area contributed by atoms with E-state index in [9.17, 15) is 14.7 Å². The van der Waals surface area contributed by atoms with Crippen LogP contribution in [0.2, 0.25) is 5.02 Å². The molecule has 1 fully saturated rings. The van der Waals surface area contributed by atoms with Crippen LogP contribution in [-0.2, 0) is 17.9 Å². The van der Waals surface area contributed by atoms with E-state index in [1.54, 1.807) is 46.1 Å². The van der Waals surface area contributed by atoms with E-state index in [0.717, 1.165) is 16.3 Å². The lowest BCUT2D eigenvalue weighted by atomic mass is 9.97. The number of benzene rings is 3. The summed E-state index contributed by atoms with van der Waals surface area (Å²) in [7, 11) is 0. The molecule has 3 heterocycles. The molecule has 1 aliphatic heterocycles. The van der Waals surface area contributed by atoms with Crippen LogP contribution in [-0.4, -0.2) is 48.5 Å². The van der Waals surface area contributed by atoms with Crippen LogP contribution in [0.15, 0.2) is 84.4 Å². The maximum absolute atomic E-state index is 13.7. The third kappa shape index (κ3) is 4.76. The van der Waals surface area contributed by atoms with Crippen LogP contribution in [0.5, 0.6) is 5.75 Å². The Hall–Kier alpha value is -4.76. The Kier molecular flexibility index (Phi) is 6.65. The summed E-state index contributed by atoms with van der Waals surface area (Å²) < 4.78 is 1.66. The average Bonchev–Trinajstić information content (AvgIpc) is 2.94. The topological polar surface area (TPSA) is 113 Å². The van der Waals surface area contributed by atoms with E-state index in [2.05, 4.69) is 26.8 Å². The predicted molar refractivity (Wildman–Crippen MR) is 155 cm³/mol. The van der Waals surface area contributed by atoms with E-state index in [0.29, 0.717) is 47.1 Å². The van der Waals surface area contributed by atoms with Gasteiger partial charge in [0.1, 0.15) is 11.6 Å². The first-order chi connectivity index (χ1) is 19.4. The Morgan fingerprint density at radius 1 is 1.10 bits per heavy atom. The molecule has 1 aliphatic rings. The molecule has 200 valence electrons. The summed E-state index contributed by atoms with van der Waals surface area (Å²) in [5.41, 5.74) is 2.28. The van der Waals surface area contributed by atoms with Gasteiger partial charge in [-0.2, -0.15) is 0 Å². The number of carbonyl (C=O) groups is 1. The third-order valence-electron chi connectivity index (χ3n) is 7.09. The number of nitrogens with one attached hydrogen (secondary N) is 1. The van der Waals surface area contributed by atoms with Gasteiger partial charge in [-0.1, -0.05) is 42.4 Å². The minimum absolute atomic E-state index is 0.0889. The molecule has 0 bridgehead atoms. The lowest BCUT2D eigenvalue weighted by Gasteiger charge is -2.39. The number of likely N-dealkylation sites (tertiary alicyclic amines) is 1. The van der Waals surface area contributed by atoms with Crippen LogP contribution in [0.3, 0.4) is 0 Å². The van der Waals surface area contributed by atoms with Crippen molar-refractivity contribution in [2.24, 2.45) is 5.92 Å². The zero-order chi connectivity index (χ0) is 27.8. The van der Waals surface area contributed by atoms with E-state index < -0.39 is 0 Å². The van der Waals surface area contributed by atoms with Crippen LogP contribution in [0, 0.1) is 5.92 Å². The van der Waals surface area contributed by atoms with Crippen LogP contribution in [0.25, 0.3) is 32.9 Å². The van der Waals surface area contributed by atoms with E-state index in [1.807, 2.05) is 30.3 Å². The van der Waals surface area contributed by atoms with Crippen molar-refractivity contribution >= 4 is 45.1 Å². The van der Waals surface area contributed by atoms with Crippen molar-refractivity contribution in [3.63, 3.8) is 0 Å². The van der Waals surface area contributed by atoms with Gasteiger partial charge in [0.2, 0.25) is 5.91 Å². The van der Waals surface area contributed by atoms with Crippen LogP contribution < -0.4 is 10.9 Å². The quantitative estimate of drug-likeness (QED) is 0.283. The van der Waals surface area contributed by atoms with Crippen LogP contribution >= 0.6 is 11.6 Å². The zero-order valence-electron chi connectivity index (χ0n) is 21.4. The van der Waals surface area contributed by atoms with Crippen molar-refractivity contribution in [1.29, 1.82) is 0 Å². The molecular formula is C30H25ClN6O3. The van der Waals surface area contributed by atoms with Gasteiger partial charge < -0.3 is 19.9 Å². The summed E-state index contributed by atoms with van der Waals surface area (Å²) in [6.07, 6.45) is 4.57. The van der Waals surface area contributed by atoms with Gasteiger partial charge in [0.05, 0.1) is 22.6 Å². The fourth-order valence-corrected chi connectivity index (χ4v) is 5.38. The molecule has 40 heavy (non-hydrogen) atoms. The molecular weight excluding hydrogens is 528 g/mol. The number of anilines is 1. The summed E-state index contributed by atoms with van der Waals surface area (Å²) in [5, 5.41) is 15.8. The highest BCUT2D eigenvalue weighted by atomic mass is 35.5. The minimum Gasteiger partial charge on any atom is -0.508 e. The zero-order valence-corrected chi connectivity index (χ0v) is 22.2. The number of carbonyl (C=O) groups excluding carboxylic acids is 1. The van der Waals surface area contributed by atoms with Gasteiger partial charge in [0.15, 0.2) is 5.82 Å². The Morgan fingerprint density at radius 3 is 2.65 bits per heavy atom. The van der Waals surface area contributed by atoms with Gasteiger partial charge in [-0.15, -0.1) is 0 Å². The number of halogens is 1. The molecule has 0 radical (unpaired) electrons. The van der Waals surface area contributed by atoms with Crippen molar-refractivity contribution in [3.8, 4) is 16.9 Å². The molecule has 2 N–H and O–H groups in total. The number of hydrogen-bond acceptors (Lipinski definition) is 7. The Morgan fingerprint density at radius 2 is 1.88 bits per heavy atom. The monoisotopic (exact) mass is 552 g/mol. The molecule has 6 rings (SSSR count). The number of amides is 1. The summed E-state index contributed by atoms with van der Waals surface area (Å²) in [6.45, 7) is 5.22. The number of phenolic OH excluding ortho intramolecular Hbond substituents is 1. The maximum atomic E-state index is 13.7. The van der Waals surface area contributed by atoms with E-state index in [4.69, 9.17) is 11.6 Å². The van der Waals surface area contributed by atoms with E-state index in [-0.39, 0.29) is 35.5 Å². The second-order valence-corrected chi connectivity index (χ2v) is 10.2. The first kappa shape index (κ1) is 25.5. The van der Waals surface area contributed by atoms with Crippen LogP contribution in [0.1, 0.15) is 5.82 Å². The number of phenols is 1. The number of hydrogen-bond donors (Lipinski definition) is 2. The molecule has 9 nitrogen and oxygen atoms in total. The number of rotatable bonds is 7. The molecule has 10 heteroatoms. The van der Waals surface area contributed by atoms with E-state index >= 15 is 0 Å². The normalized spacial score (nSPS) is 13.4. The molecule has 0 aliphatic carbocycles. The highest BCUT2D eigenvalue weighted by Gasteiger charge is 2.30. The third-order valence-corrected chi connectivity index (χ3v) is 7.40. The summed E-state index contributed by atoms with van der Waals surface area (Å²) >= 11 is 6.84. The largest absolute Gasteiger partial charge is 0.508 e. The van der Waals surface area contributed by atoms with Crippen LogP contribution in [0.4, 0.5) is 5.82 Å². The molecule has 2 aromatic heterocycles. The van der Waals surface area contributed by atoms with Crippen molar-refractivity contribution in [1.82, 2.24) is 24.4 Å². The first-order valence-corrected chi connectivity index (χ1v) is 13.2. The van der Waals surface area contributed by atoms with Gasteiger partial charge in [0.25, 0.3) is 5.56 Å². The Labute approximate surface area is 234 Å². The van der Waals surface area contributed by atoms with Gasteiger partial charge in [-0.3, -0.25) is 9.59 Å². The molecule has 0 saturated carbocycles. The number of aromatic nitrogens is 4. The molecule has 1 saturated heterocycles. The van der Waals surface area contributed by atoms with Crippen molar-refractivity contribution in [3.05, 3.63) is 101 Å². The molecule has 0 atom stereocenters. The van der Waals surface area contributed by atoms with E-state index in [1.165, 1.54) is 6.08 Å². The lowest BCUT2D eigenvalue weighted by Crippen LogP contribution is -2.51. The molecule has 0 unspecified atom stereocenters. The van der Waals surface area contributed by atoms with Gasteiger partial charge >= 0.3 is 0 Å². The van der Waals surface area contributed by atoms with Gasteiger partial charge in [-0.05, 0) is 52.7 Å². The average molecular weight is 553 g/mol. The predicted octanol–water partition coefficient (Wildman–Crippen LogP) is 4.62. The fourth-order valence-electron chi connectivity index (χ4n) is 5.12. The summed E-state index contributed by atoms with van der Waals surface area (Å²) in [5.74, 6) is 0.769. The highest BCUT2D eigenvalue weighted by molar-refractivity contribution is 6.34. The second kappa shape index (κ2) is 10.4. The fraction of sp³-hybridized carbons (Fsp3) is 0.167. The second-order valence-electron chi connectivity index (χ2n) is 9.74. The van der Waals surface area contributed by atoms with Crippen molar-refractivity contribution in [2.45, 2.75) is 13.1 Å². The van der Waals surface area contributed by atoms with Crippen molar-refractivity contribution in [2.75, 3.05) is 18.4 Å². The Bertz CT molecular complexity index is 1830. The lowest BCUT2D eigenvalue weighted by molar-refractivity contribution is -0.132.